The summed E-state index contributed by atoms with van der Waals surface area (Å²) >= 11 is 2.03. The van der Waals surface area contributed by atoms with Gasteiger partial charge in [0.2, 0.25) is 12.0 Å². The molecule has 2 aliphatic rings. The topological polar surface area (TPSA) is 76.6 Å². The highest BCUT2D eigenvalue weighted by atomic mass is 127. The number of halogens is 2. The molecule has 1 amide bonds. The van der Waals surface area contributed by atoms with Crippen LogP contribution >= 0.6 is 22.6 Å². The molecule has 0 saturated carbocycles. The van der Waals surface area contributed by atoms with Crippen LogP contribution in [0.4, 0.5) is 10.1 Å². The fourth-order valence-corrected chi connectivity index (χ4v) is 2.49. The first-order valence-electron chi connectivity index (χ1n) is 6.06. The van der Waals surface area contributed by atoms with E-state index in [9.17, 15) is 9.18 Å². The standard InChI is InChI=1S/C13H11FIN5O/c14-10-3-8(15)1-2-11(10)18-20-5-9-4-17-7-19(9)6-12(20)13(16)21/h1-4,6-7,18H,5H2,(H2,16,21)/q+1. The highest BCUT2D eigenvalue weighted by Gasteiger charge is 2.35. The van der Waals surface area contributed by atoms with Crippen LogP contribution in [0.5, 0.6) is 0 Å². The Bertz CT molecular complexity index is 700. The number of anilines is 1. The zero-order valence-electron chi connectivity index (χ0n) is 10.8. The number of nitrogens with two attached hydrogens (primary N) is 1. The lowest BCUT2D eigenvalue weighted by molar-refractivity contribution is -0.116. The predicted molar refractivity (Wildman–Crippen MR) is 85.4 cm³/mol. The van der Waals surface area contributed by atoms with Crippen molar-refractivity contribution in [1.82, 2.24) is 9.91 Å². The van der Waals surface area contributed by atoms with Crippen molar-refractivity contribution in [2.45, 2.75) is 0 Å². The maximum Gasteiger partial charge on any atom is 0.272 e. The third-order valence-electron chi connectivity index (χ3n) is 3.06. The van der Waals surface area contributed by atoms with E-state index in [-0.39, 0.29) is 11.4 Å². The number of hydrogen-bond acceptors (Lipinski definition) is 5. The van der Waals surface area contributed by atoms with Gasteiger partial charge in [-0.05, 0) is 40.8 Å². The van der Waals surface area contributed by atoms with E-state index >= 15 is 0 Å². The number of rotatable bonds is 3. The number of benzene rings is 1. The van der Waals surface area contributed by atoms with Crippen molar-refractivity contribution in [2.24, 2.45) is 10.7 Å². The van der Waals surface area contributed by atoms with Crippen LogP contribution in [0.25, 0.3) is 0 Å². The second kappa shape index (κ2) is 5.45. The number of hydrazine groups is 1. The van der Waals surface area contributed by atoms with Crippen LogP contribution < -0.4 is 16.1 Å². The summed E-state index contributed by atoms with van der Waals surface area (Å²) < 4.78 is 14.7. The number of hydrogen-bond donors (Lipinski definition) is 2. The highest BCUT2D eigenvalue weighted by molar-refractivity contribution is 14.1. The molecular weight excluding hydrogens is 388 g/mol. The Hall–Kier alpha value is -1.94. The van der Waals surface area contributed by atoms with Crippen LogP contribution in [0, 0.1) is 9.39 Å². The molecule has 0 saturated heterocycles. The van der Waals surface area contributed by atoms with Crippen molar-refractivity contribution < 1.29 is 9.18 Å². The van der Waals surface area contributed by atoms with Gasteiger partial charge in [-0.2, -0.15) is 0 Å². The van der Waals surface area contributed by atoms with Gasteiger partial charge >= 0.3 is 0 Å². The lowest BCUT2D eigenvalue weighted by Crippen LogP contribution is -2.44. The number of aliphatic imine (C=N–C) groups is 1. The Balaban J connectivity index is 1.90. The first kappa shape index (κ1) is 14.0. The molecule has 107 valence electrons. The third kappa shape index (κ3) is 2.76. The number of carbonyl (C=O) groups is 1. The molecular formula is C13H11FIN5O+. The minimum atomic E-state index is -0.604. The average Bonchev–Trinajstić information content (AvgIpc) is 2.88. The van der Waals surface area contributed by atoms with Gasteiger partial charge in [-0.3, -0.25) is 15.2 Å². The van der Waals surface area contributed by atoms with E-state index in [0.29, 0.717) is 6.54 Å². The zero-order chi connectivity index (χ0) is 15.0. The molecule has 0 aliphatic carbocycles. The van der Waals surface area contributed by atoms with Gasteiger partial charge in [0, 0.05) is 3.57 Å². The Morgan fingerprint density at radius 2 is 2.33 bits per heavy atom. The van der Waals surface area contributed by atoms with Crippen molar-refractivity contribution in [1.29, 1.82) is 0 Å². The molecule has 8 heteroatoms. The van der Waals surface area contributed by atoms with Crippen molar-refractivity contribution in [3.63, 3.8) is 0 Å². The first-order chi connectivity index (χ1) is 10.0. The van der Waals surface area contributed by atoms with E-state index in [2.05, 4.69) is 10.4 Å². The molecule has 1 aromatic carbocycles. The van der Waals surface area contributed by atoms with Gasteiger partial charge in [-0.25, -0.2) is 9.38 Å². The van der Waals surface area contributed by atoms with Gasteiger partial charge in [-0.15, -0.1) is 0 Å². The van der Waals surface area contributed by atoms with Gasteiger partial charge in [0.15, 0.2) is 11.9 Å². The van der Waals surface area contributed by atoms with Gasteiger partial charge < -0.3 is 5.73 Å². The van der Waals surface area contributed by atoms with E-state index < -0.39 is 11.7 Å². The smallest absolute Gasteiger partial charge is 0.272 e. The molecule has 0 fully saturated rings. The molecule has 2 aliphatic heterocycles. The molecule has 0 bridgehead atoms. The number of carbonyl (C=O) groups excluding carboxylic acids is 1. The lowest BCUT2D eigenvalue weighted by atomic mass is 10.2. The average molecular weight is 399 g/mol. The third-order valence-corrected chi connectivity index (χ3v) is 3.73. The van der Waals surface area contributed by atoms with Crippen LogP contribution in [0.1, 0.15) is 0 Å². The van der Waals surface area contributed by atoms with Gasteiger partial charge in [0.25, 0.3) is 5.91 Å². The largest absolute Gasteiger partial charge is 0.364 e. The van der Waals surface area contributed by atoms with Crippen LogP contribution in [0.2, 0.25) is 0 Å². The first-order valence-corrected chi connectivity index (χ1v) is 7.14. The molecule has 2 heterocycles. The normalized spacial score (nSPS) is 17.3. The fraction of sp³-hybridized carbons (Fsp3) is 0.0769. The molecule has 21 heavy (non-hydrogen) atoms. The highest BCUT2D eigenvalue weighted by Crippen LogP contribution is 2.23. The number of nitrogens with zero attached hydrogens (tertiary/aromatic N) is 3. The second-order valence-corrected chi connectivity index (χ2v) is 5.74. The minimum Gasteiger partial charge on any atom is -0.364 e. The summed E-state index contributed by atoms with van der Waals surface area (Å²) in [6.45, 7) is 0.347. The lowest BCUT2D eigenvalue weighted by Gasteiger charge is -2.28. The molecule has 0 spiro atoms. The van der Waals surface area contributed by atoms with Crippen molar-refractivity contribution in [2.75, 3.05) is 12.0 Å². The van der Waals surface area contributed by atoms with Crippen molar-refractivity contribution in [3.05, 3.63) is 51.4 Å². The second-order valence-electron chi connectivity index (χ2n) is 4.49. The summed E-state index contributed by atoms with van der Waals surface area (Å²) in [5, 5.41) is 1.50. The summed E-state index contributed by atoms with van der Waals surface area (Å²) in [5.74, 6) is -1.00. The summed E-state index contributed by atoms with van der Waals surface area (Å²) in [5.41, 5.74) is 9.63. The maximum atomic E-state index is 13.9. The number of primary amides is 1. The van der Waals surface area contributed by atoms with Crippen LogP contribution in [0.3, 0.4) is 0 Å². The van der Waals surface area contributed by atoms with Crippen LogP contribution in [-0.4, -0.2) is 23.8 Å². The molecule has 1 aromatic rings. The molecule has 1 radical (unpaired) electrons. The van der Waals surface area contributed by atoms with Crippen molar-refractivity contribution in [3.8, 4) is 0 Å². The molecule has 0 atom stereocenters. The Morgan fingerprint density at radius 1 is 1.52 bits per heavy atom. The van der Waals surface area contributed by atoms with Gasteiger partial charge in [0.1, 0.15) is 12.4 Å². The molecule has 0 unspecified atom stereocenters. The molecule has 6 nitrogen and oxygen atoms in total. The van der Waals surface area contributed by atoms with E-state index in [1.165, 1.54) is 11.1 Å². The monoisotopic (exact) mass is 399 g/mol. The summed E-state index contributed by atoms with van der Waals surface area (Å²) in [6.07, 6.45) is 4.82. The number of nitrogens with one attached hydrogen (secondary N) is 1. The Kier molecular flexibility index (Phi) is 3.64. The van der Waals surface area contributed by atoms with E-state index in [0.717, 1.165) is 9.27 Å². The summed E-state index contributed by atoms with van der Waals surface area (Å²) in [6, 6.07) is 4.79. The summed E-state index contributed by atoms with van der Waals surface area (Å²) in [7, 11) is 0. The van der Waals surface area contributed by atoms with Gasteiger partial charge in [0.05, 0.1) is 11.9 Å². The Labute approximate surface area is 133 Å². The van der Waals surface area contributed by atoms with Gasteiger partial charge in [-0.1, -0.05) is 4.90 Å². The minimum absolute atomic E-state index is 0.235. The fourth-order valence-electron chi connectivity index (χ4n) is 2.04. The van der Waals surface area contributed by atoms with E-state index in [4.69, 9.17) is 5.73 Å². The van der Waals surface area contributed by atoms with Crippen molar-refractivity contribution >= 4 is 40.5 Å². The molecule has 3 N–H and O–H groups in total. The zero-order valence-corrected chi connectivity index (χ0v) is 12.9. The predicted octanol–water partition coefficient (Wildman–Crippen LogP) is 1.42. The number of fused-ring (bicyclic) bond motifs is 1. The Morgan fingerprint density at radius 3 is 3.05 bits per heavy atom. The van der Waals surface area contributed by atoms with Crippen LogP contribution in [-0.2, 0) is 4.79 Å². The van der Waals surface area contributed by atoms with E-state index in [1.54, 1.807) is 35.8 Å². The quantitative estimate of drug-likeness (QED) is 0.597. The maximum absolute atomic E-state index is 13.9. The SMILES string of the molecule is NC(=O)C1=C[N+]2C=NC=C2CN1Nc1ccc(I)cc1F. The van der Waals surface area contributed by atoms with Crippen LogP contribution in [0.15, 0.2) is 47.0 Å². The summed E-state index contributed by atoms with van der Waals surface area (Å²) in [4.78, 5) is 17.3. The molecule has 0 aromatic heterocycles. The van der Waals surface area contributed by atoms with E-state index in [1.807, 2.05) is 22.6 Å². The number of amides is 1. The molecule has 3 rings (SSSR count).